The lowest BCUT2D eigenvalue weighted by molar-refractivity contribution is -0.120. The Labute approximate surface area is 173 Å². The molecule has 2 aromatic carbocycles. The number of sulfonamides is 1. The highest BCUT2D eigenvalue weighted by atomic mass is 32.2. The number of hydrogen-bond acceptors (Lipinski definition) is 4. The van der Waals surface area contributed by atoms with Gasteiger partial charge in [-0.15, -0.1) is 0 Å². The molecule has 0 spiro atoms. The van der Waals surface area contributed by atoms with Crippen molar-refractivity contribution in [1.82, 2.24) is 5.32 Å². The first-order chi connectivity index (χ1) is 13.6. The number of amides is 1. The van der Waals surface area contributed by atoms with Crippen molar-refractivity contribution in [3.05, 3.63) is 59.7 Å². The fraction of sp³-hybridized carbons (Fsp3) is 0.409. The maximum Gasteiger partial charge on any atom is 0.241 e. The van der Waals surface area contributed by atoms with Crippen molar-refractivity contribution in [2.75, 3.05) is 23.7 Å². The minimum atomic E-state index is -3.62. The Hall–Kier alpha value is -2.54. The molecule has 7 heteroatoms. The smallest absolute Gasteiger partial charge is 0.241 e. The van der Waals surface area contributed by atoms with Gasteiger partial charge in [0, 0.05) is 0 Å². The van der Waals surface area contributed by atoms with Gasteiger partial charge in [0.05, 0.1) is 18.0 Å². The van der Waals surface area contributed by atoms with E-state index in [0.29, 0.717) is 5.69 Å². The molecule has 0 unspecified atom stereocenters. The number of rotatable bonds is 9. The van der Waals surface area contributed by atoms with Crippen molar-refractivity contribution in [2.45, 2.75) is 39.7 Å². The molecule has 0 heterocycles. The van der Waals surface area contributed by atoms with Gasteiger partial charge in [-0.2, -0.15) is 0 Å². The monoisotopic (exact) mass is 418 g/mol. The van der Waals surface area contributed by atoms with E-state index in [4.69, 9.17) is 4.74 Å². The molecule has 158 valence electrons. The molecule has 29 heavy (non-hydrogen) atoms. The lowest BCUT2D eigenvalue weighted by Crippen LogP contribution is -2.45. The number of hydrogen-bond donors (Lipinski definition) is 1. The predicted octanol–water partition coefficient (Wildman–Crippen LogP) is 3.47. The van der Waals surface area contributed by atoms with Gasteiger partial charge in [0.25, 0.3) is 0 Å². The van der Waals surface area contributed by atoms with Gasteiger partial charge in [-0.25, -0.2) is 8.42 Å². The van der Waals surface area contributed by atoms with Gasteiger partial charge < -0.3 is 10.1 Å². The SMILES string of the molecule is Cc1ccccc1OC[C@H](C)NC(=O)CN(c1ccccc1C(C)C)S(C)(=O)=O. The second kappa shape index (κ2) is 9.78. The fourth-order valence-corrected chi connectivity index (χ4v) is 3.88. The molecule has 6 nitrogen and oxygen atoms in total. The summed E-state index contributed by atoms with van der Waals surface area (Å²) in [6, 6.07) is 14.6. The van der Waals surface area contributed by atoms with E-state index >= 15 is 0 Å². The van der Waals surface area contributed by atoms with Crippen LogP contribution in [-0.2, 0) is 14.8 Å². The molecular formula is C22H30N2O4S. The van der Waals surface area contributed by atoms with Crippen LogP contribution in [0.4, 0.5) is 5.69 Å². The summed E-state index contributed by atoms with van der Waals surface area (Å²) in [5.74, 6) is 0.507. The van der Waals surface area contributed by atoms with Gasteiger partial charge in [0.1, 0.15) is 18.9 Å². The number of anilines is 1. The maximum atomic E-state index is 12.6. The zero-order valence-corrected chi connectivity index (χ0v) is 18.5. The first-order valence-corrected chi connectivity index (χ1v) is 11.5. The lowest BCUT2D eigenvalue weighted by atomic mass is 10.0. The van der Waals surface area contributed by atoms with Crippen LogP contribution in [0.15, 0.2) is 48.5 Å². The van der Waals surface area contributed by atoms with Crippen LogP contribution >= 0.6 is 0 Å². The average Bonchev–Trinajstić information content (AvgIpc) is 2.64. The van der Waals surface area contributed by atoms with Gasteiger partial charge >= 0.3 is 0 Å². The van der Waals surface area contributed by atoms with E-state index in [-0.39, 0.29) is 31.0 Å². The predicted molar refractivity (Wildman–Crippen MR) is 117 cm³/mol. The van der Waals surface area contributed by atoms with Gasteiger partial charge in [0.2, 0.25) is 15.9 Å². The van der Waals surface area contributed by atoms with Crippen molar-refractivity contribution in [2.24, 2.45) is 0 Å². The average molecular weight is 419 g/mol. The summed E-state index contributed by atoms with van der Waals surface area (Å²) < 4.78 is 31.7. The number of aryl methyl sites for hydroxylation is 1. The Morgan fingerprint density at radius 2 is 1.69 bits per heavy atom. The van der Waals surface area contributed by atoms with Crippen LogP contribution in [0.25, 0.3) is 0 Å². The van der Waals surface area contributed by atoms with Crippen LogP contribution < -0.4 is 14.4 Å². The molecule has 0 saturated carbocycles. The summed E-state index contributed by atoms with van der Waals surface area (Å²) in [7, 11) is -3.62. The molecule has 0 saturated heterocycles. The van der Waals surface area contributed by atoms with Crippen molar-refractivity contribution in [1.29, 1.82) is 0 Å². The standard InChI is InChI=1S/C22H30N2O4S/c1-16(2)19-11-7-8-12-20(19)24(29(5,26)27)14-22(25)23-18(4)15-28-21-13-9-6-10-17(21)3/h6-13,16,18H,14-15H2,1-5H3,(H,23,25)/t18-/m0/s1. The fourth-order valence-electron chi connectivity index (χ4n) is 3.01. The molecular weight excluding hydrogens is 388 g/mol. The third-order valence-corrected chi connectivity index (χ3v) is 5.63. The number of nitrogens with one attached hydrogen (secondary N) is 1. The minimum Gasteiger partial charge on any atom is -0.491 e. The molecule has 1 atom stereocenters. The number of carbonyl (C=O) groups excluding carboxylic acids is 1. The second-order valence-electron chi connectivity index (χ2n) is 7.53. The molecule has 2 aromatic rings. The van der Waals surface area contributed by atoms with Crippen LogP contribution in [0.5, 0.6) is 5.75 Å². The Morgan fingerprint density at radius 3 is 2.31 bits per heavy atom. The Balaban J connectivity index is 2.07. The first-order valence-electron chi connectivity index (χ1n) is 9.64. The molecule has 0 aliphatic heterocycles. The molecule has 0 aliphatic rings. The number of para-hydroxylation sites is 2. The summed E-state index contributed by atoms with van der Waals surface area (Å²) in [5, 5.41) is 2.82. The van der Waals surface area contributed by atoms with E-state index in [1.165, 1.54) is 0 Å². The van der Waals surface area contributed by atoms with Crippen LogP contribution in [0.1, 0.15) is 37.8 Å². The summed E-state index contributed by atoms with van der Waals surface area (Å²) in [4.78, 5) is 12.6. The van der Waals surface area contributed by atoms with Gasteiger partial charge in [0.15, 0.2) is 0 Å². The Morgan fingerprint density at radius 1 is 1.07 bits per heavy atom. The lowest BCUT2D eigenvalue weighted by Gasteiger charge is -2.26. The van der Waals surface area contributed by atoms with Crippen LogP contribution in [-0.4, -0.2) is 39.8 Å². The number of carbonyl (C=O) groups is 1. The Bertz CT molecular complexity index is 941. The summed E-state index contributed by atoms with van der Waals surface area (Å²) in [6.45, 7) is 7.77. The quantitative estimate of drug-likeness (QED) is 0.677. The van der Waals surface area contributed by atoms with Gasteiger partial charge in [-0.3, -0.25) is 9.10 Å². The number of ether oxygens (including phenoxy) is 1. The maximum absolute atomic E-state index is 12.6. The van der Waals surface area contributed by atoms with E-state index < -0.39 is 10.0 Å². The first kappa shape index (κ1) is 22.7. The normalized spacial score (nSPS) is 12.5. The largest absolute Gasteiger partial charge is 0.491 e. The molecule has 0 aromatic heterocycles. The van der Waals surface area contributed by atoms with Crippen molar-refractivity contribution in [3.63, 3.8) is 0 Å². The molecule has 0 fully saturated rings. The van der Waals surface area contributed by atoms with Crippen molar-refractivity contribution in [3.8, 4) is 5.75 Å². The molecule has 0 bridgehead atoms. The van der Waals surface area contributed by atoms with Crippen LogP contribution in [0.2, 0.25) is 0 Å². The van der Waals surface area contributed by atoms with Crippen molar-refractivity contribution < 1.29 is 17.9 Å². The van der Waals surface area contributed by atoms with Gasteiger partial charge in [-0.05, 0) is 43.0 Å². The highest BCUT2D eigenvalue weighted by Gasteiger charge is 2.24. The molecule has 0 radical (unpaired) electrons. The van der Waals surface area contributed by atoms with Crippen LogP contribution in [0.3, 0.4) is 0 Å². The highest BCUT2D eigenvalue weighted by Crippen LogP contribution is 2.28. The topological polar surface area (TPSA) is 75.7 Å². The Kier molecular flexibility index (Phi) is 7.67. The van der Waals surface area contributed by atoms with E-state index in [1.807, 2.05) is 64.1 Å². The van der Waals surface area contributed by atoms with Crippen molar-refractivity contribution >= 4 is 21.6 Å². The van der Waals surface area contributed by atoms with E-state index in [1.54, 1.807) is 12.1 Å². The van der Waals surface area contributed by atoms with Crippen LogP contribution in [0, 0.1) is 6.92 Å². The second-order valence-corrected chi connectivity index (χ2v) is 9.44. The summed E-state index contributed by atoms with van der Waals surface area (Å²) in [6.07, 6.45) is 1.11. The third kappa shape index (κ3) is 6.49. The summed E-state index contributed by atoms with van der Waals surface area (Å²) in [5.41, 5.74) is 2.42. The molecule has 1 amide bonds. The number of benzene rings is 2. The summed E-state index contributed by atoms with van der Waals surface area (Å²) >= 11 is 0. The third-order valence-electron chi connectivity index (χ3n) is 4.50. The zero-order chi connectivity index (χ0) is 21.6. The minimum absolute atomic E-state index is 0.125. The highest BCUT2D eigenvalue weighted by molar-refractivity contribution is 7.92. The van der Waals surface area contributed by atoms with E-state index in [9.17, 15) is 13.2 Å². The van der Waals surface area contributed by atoms with E-state index in [2.05, 4.69) is 5.32 Å². The number of nitrogens with zero attached hydrogens (tertiary/aromatic N) is 1. The molecule has 0 aliphatic carbocycles. The zero-order valence-electron chi connectivity index (χ0n) is 17.7. The molecule has 2 rings (SSSR count). The van der Waals surface area contributed by atoms with Gasteiger partial charge in [-0.1, -0.05) is 50.2 Å². The molecule has 1 N–H and O–H groups in total. The van der Waals surface area contributed by atoms with E-state index in [0.717, 1.165) is 27.4 Å².